The zero-order chi connectivity index (χ0) is 21.0. The molecule has 0 fully saturated rings. The van der Waals surface area contributed by atoms with Crippen LogP contribution in [0.5, 0.6) is 0 Å². The first-order chi connectivity index (χ1) is 11.5. The Bertz CT molecular complexity index is 471. The molecule has 0 bridgehead atoms. The van der Waals surface area contributed by atoms with Crippen molar-refractivity contribution in [1.29, 1.82) is 0 Å². The van der Waals surface area contributed by atoms with Crippen LogP contribution in [0.25, 0.3) is 0 Å². The molecule has 0 rings (SSSR count). The second-order valence-corrected chi connectivity index (χ2v) is 17.2. The van der Waals surface area contributed by atoms with Crippen molar-refractivity contribution in [3.05, 3.63) is 0 Å². The van der Waals surface area contributed by atoms with E-state index in [0.717, 1.165) is 0 Å². The second kappa shape index (κ2) is 11.4. The number of halogens is 8. The van der Waals surface area contributed by atoms with E-state index in [0.29, 0.717) is 10.7 Å². The Morgan fingerprint density at radius 3 is 1.50 bits per heavy atom. The molecule has 0 aliphatic rings. The van der Waals surface area contributed by atoms with Gasteiger partial charge in [-0.1, -0.05) is 59.6 Å². The van der Waals surface area contributed by atoms with Crippen LogP contribution in [-0.4, -0.2) is 28.9 Å². The molecule has 0 aliphatic heterocycles. The minimum atomic E-state index is -4.08. The molecule has 0 radical (unpaired) electrons. The maximum absolute atomic E-state index is 13.4. The third-order valence-electron chi connectivity index (χ3n) is 3.28. The Morgan fingerprint density at radius 1 is 0.885 bits per heavy atom. The van der Waals surface area contributed by atoms with Crippen LogP contribution in [0.2, 0.25) is 0 Å². The fourth-order valence-corrected chi connectivity index (χ4v) is 7.70. The molecule has 158 valence electrons. The quantitative estimate of drug-likeness (QED) is 0.146. The zero-order valence-corrected chi connectivity index (χ0v) is 26.4. The molecule has 0 unspecified atom stereocenters. The van der Waals surface area contributed by atoms with E-state index in [1.165, 1.54) is 0 Å². The van der Waals surface area contributed by atoms with Gasteiger partial charge in [0.2, 0.25) is 0 Å². The Labute approximate surface area is 216 Å². The predicted molar refractivity (Wildman–Crippen MR) is 132 cm³/mol. The molecule has 0 spiro atoms. The summed E-state index contributed by atoms with van der Waals surface area (Å²) in [6, 6.07) is 0. The number of alkyl halides is 8. The van der Waals surface area contributed by atoms with Gasteiger partial charge in [-0.05, 0) is 63.7 Å². The van der Waals surface area contributed by atoms with Crippen LogP contribution >= 0.6 is 127 Å². The lowest BCUT2D eigenvalue weighted by Crippen LogP contribution is -2.40. The number of phosphoric ester groups is 1. The van der Waals surface area contributed by atoms with Gasteiger partial charge in [0.05, 0.1) is 6.61 Å². The minimum Gasteiger partial charge on any atom is -0.287 e. The largest absolute Gasteiger partial charge is 0.479 e. The van der Waals surface area contributed by atoms with Gasteiger partial charge >= 0.3 is 7.82 Å². The third-order valence-corrected chi connectivity index (χ3v) is 14.0. The van der Waals surface area contributed by atoms with Crippen LogP contribution in [0.4, 0.5) is 0 Å². The van der Waals surface area contributed by atoms with Gasteiger partial charge in [-0.3, -0.25) is 13.6 Å². The van der Waals surface area contributed by atoms with Crippen molar-refractivity contribution >= 4 is 127 Å². The van der Waals surface area contributed by atoms with Gasteiger partial charge in [0, 0.05) is 27.9 Å². The number of hydrogen-bond donors (Lipinski definition) is 0. The van der Waals surface area contributed by atoms with Crippen LogP contribution in [0.15, 0.2) is 0 Å². The van der Waals surface area contributed by atoms with Crippen LogP contribution in [-0.2, 0) is 18.1 Å². The molecule has 0 saturated carbocycles. The SMILES string of the molecule is CC(C)(CBr)C(Br)(Br)OP(=O)(OCCC(Cl)Cl)OC(Br)(Br)C(C)(C)CBr. The molecule has 13 heteroatoms. The zero-order valence-electron chi connectivity index (χ0n) is 14.5. The van der Waals surface area contributed by atoms with Crippen molar-refractivity contribution < 1.29 is 18.1 Å². The Morgan fingerprint density at radius 2 is 1.23 bits per heavy atom. The van der Waals surface area contributed by atoms with Gasteiger partial charge < -0.3 is 0 Å². The summed E-state index contributed by atoms with van der Waals surface area (Å²) in [4.78, 5) is -0.656. The molecule has 4 nitrogen and oxygen atoms in total. The van der Waals surface area contributed by atoms with E-state index in [1.54, 1.807) is 0 Å². The second-order valence-electron chi connectivity index (χ2n) is 6.71. The standard InChI is InChI=1S/C13H21Br6Cl2O4P/c1-10(2,7-14)12(16,17)24-26(22,23-6-5-9(20)21)25-13(18,19)11(3,4)8-15/h9H,5-8H2,1-4H3. The summed E-state index contributed by atoms with van der Waals surface area (Å²) in [7, 11) is -4.08. The predicted octanol–water partition coefficient (Wildman–Crippen LogP) is 9.07. The Kier molecular flexibility index (Phi) is 13.0. The van der Waals surface area contributed by atoms with Gasteiger partial charge in [-0.15, -0.1) is 23.2 Å². The fourth-order valence-electron chi connectivity index (χ4n) is 1.01. The van der Waals surface area contributed by atoms with Gasteiger partial charge in [-0.25, -0.2) is 4.57 Å². The van der Waals surface area contributed by atoms with Crippen LogP contribution in [0.3, 0.4) is 0 Å². The summed E-state index contributed by atoms with van der Waals surface area (Å²) >= 11 is 32.0. The van der Waals surface area contributed by atoms with Gasteiger partial charge in [-0.2, -0.15) is 0 Å². The molecule has 0 N–H and O–H groups in total. The Hall–Kier alpha value is 3.57. The van der Waals surface area contributed by atoms with E-state index in [-0.39, 0.29) is 13.0 Å². The van der Waals surface area contributed by atoms with Crippen molar-refractivity contribution in [3.63, 3.8) is 0 Å². The van der Waals surface area contributed by atoms with Gasteiger partial charge in [0.1, 0.15) is 4.84 Å². The van der Waals surface area contributed by atoms with E-state index in [1.807, 2.05) is 27.7 Å². The maximum Gasteiger partial charge on any atom is 0.479 e. The molecule has 0 aliphatic carbocycles. The van der Waals surface area contributed by atoms with Gasteiger partial charge in [0.25, 0.3) is 0 Å². The lowest BCUT2D eigenvalue weighted by molar-refractivity contribution is 0.0326. The van der Waals surface area contributed by atoms with E-state index in [2.05, 4.69) is 95.6 Å². The van der Waals surface area contributed by atoms with E-state index >= 15 is 0 Å². The minimum absolute atomic E-state index is 0.00934. The molecule has 26 heavy (non-hydrogen) atoms. The lowest BCUT2D eigenvalue weighted by atomic mass is 9.98. The lowest BCUT2D eigenvalue weighted by Gasteiger charge is -2.41. The van der Waals surface area contributed by atoms with E-state index < -0.39 is 30.3 Å². The highest BCUT2D eigenvalue weighted by atomic mass is 79.9. The highest BCUT2D eigenvalue weighted by Crippen LogP contribution is 2.65. The monoisotopic (exact) mass is 816 g/mol. The summed E-state index contributed by atoms with van der Waals surface area (Å²) in [5.74, 6) is 0. The molecule has 0 saturated heterocycles. The first-order valence-electron chi connectivity index (χ1n) is 7.27. The summed E-state index contributed by atoms with van der Waals surface area (Å²) in [5.41, 5.74) is -1.02. The van der Waals surface area contributed by atoms with Crippen molar-refractivity contribution in [2.45, 2.75) is 45.8 Å². The van der Waals surface area contributed by atoms with Crippen LogP contribution in [0, 0.1) is 10.8 Å². The van der Waals surface area contributed by atoms with Crippen molar-refractivity contribution in [1.82, 2.24) is 0 Å². The number of rotatable bonds is 12. The average Bonchev–Trinajstić information content (AvgIpc) is 2.44. The van der Waals surface area contributed by atoms with Gasteiger partial charge in [0.15, 0.2) is 6.84 Å². The molecular weight excluding hydrogens is 801 g/mol. The summed E-state index contributed by atoms with van der Waals surface area (Å²) < 4.78 is 28.1. The Balaban J connectivity index is 5.67. The van der Waals surface area contributed by atoms with Crippen molar-refractivity contribution in [2.24, 2.45) is 10.8 Å². The smallest absolute Gasteiger partial charge is 0.287 e. The number of hydrogen-bond acceptors (Lipinski definition) is 4. The molecule has 0 aromatic rings. The average molecular weight is 823 g/mol. The first kappa shape index (κ1) is 29.6. The molecule has 0 amide bonds. The summed E-state index contributed by atoms with van der Waals surface area (Å²) in [6.07, 6.45) is 0.263. The summed E-state index contributed by atoms with van der Waals surface area (Å²) in [6.45, 7) is 7.61. The molecule has 0 aromatic carbocycles. The van der Waals surface area contributed by atoms with Crippen molar-refractivity contribution in [2.75, 3.05) is 17.3 Å². The van der Waals surface area contributed by atoms with E-state index in [4.69, 9.17) is 36.8 Å². The van der Waals surface area contributed by atoms with E-state index in [9.17, 15) is 4.57 Å². The highest BCUT2D eigenvalue weighted by molar-refractivity contribution is 9.25. The molecular formula is C13H21Br6Cl2O4P. The normalized spacial score (nSPS) is 15.0. The van der Waals surface area contributed by atoms with Crippen LogP contribution < -0.4 is 0 Å². The molecule has 0 aromatic heterocycles. The third kappa shape index (κ3) is 8.97. The fraction of sp³-hybridized carbons (Fsp3) is 1.00. The topological polar surface area (TPSA) is 44.8 Å². The molecule has 0 atom stereocenters. The summed E-state index contributed by atoms with van der Waals surface area (Å²) in [5, 5.41) is 1.09. The highest BCUT2D eigenvalue weighted by Gasteiger charge is 2.53. The van der Waals surface area contributed by atoms with Crippen molar-refractivity contribution in [3.8, 4) is 0 Å². The molecule has 0 heterocycles. The van der Waals surface area contributed by atoms with Crippen LogP contribution in [0.1, 0.15) is 34.1 Å². The number of phosphoric acid groups is 1. The first-order valence-corrected chi connectivity index (χ1v) is 15.0. The maximum atomic E-state index is 13.4.